The van der Waals surface area contributed by atoms with Gasteiger partial charge in [-0.1, -0.05) is 19.1 Å². The third-order valence-electron chi connectivity index (χ3n) is 2.48. The van der Waals surface area contributed by atoms with Crippen molar-refractivity contribution in [2.24, 2.45) is 5.90 Å². The van der Waals surface area contributed by atoms with E-state index in [-0.39, 0.29) is 18.1 Å². The molecule has 0 radical (unpaired) electrons. The molecule has 16 heavy (non-hydrogen) atoms. The van der Waals surface area contributed by atoms with Crippen LogP contribution in [0.15, 0.2) is 18.2 Å². The summed E-state index contributed by atoms with van der Waals surface area (Å²) in [4.78, 5) is 4.43. The lowest BCUT2D eigenvalue weighted by Gasteiger charge is -2.15. The zero-order chi connectivity index (χ0) is 12.3. The van der Waals surface area contributed by atoms with Gasteiger partial charge < -0.3 is 4.84 Å². The Morgan fingerprint density at radius 1 is 1.38 bits per heavy atom. The fraction of sp³-hybridized carbons (Fsp3) is 0.455. The van der Waals surface area contributed by atoms with Gasteiger partial charge in [0.2, 0.25) is 0 Å². The number of hydrogen-bond donors (Lipinski definition) is 1. The van der Waals surface area contributed by atoms with Crippen LogP contribution in [0.2, 0.25) is 0 Å². The van der Waals surface area contributed by atoms with E-state index in [1.54, 1.807) is 13.0 Å². The Morgan fingerprint density at radius 2 is 2.00 bits per heavy atom. The molecule has 0 spiro atoms. The zero-order valence-corrected chi connectivity index (χ0v) is 9.14. The minimum absolute atomic E-state index is 0.160. The lowest BCUT2D eigenvalue weighted by atomic mass is 9.97. The monoisotopic (exact) mass is 233 g/mol. The second-order valence-corrected chi connectivity index (χ2v) is 3.81. The van der Waals surface area contributed by atoms with Crippen molar-refractivity contribution in [3.05, 3.63) is 34.9 Å². The topological polar surface area (TPSA) is 35.2 Å². The first-order valence-corrected chi connectivity index (χ1v) is 4.85. The molecule has 0 aromatic heterocycles. The lowest BCUT2D eigenvalue weighted by molar-refractivity contribution is -0.138. The molecule has 1 unspecified atom stereocenters. The third-order valence-corrected chi connectivity index (χ3v) is 2.48. The maximum absolute atomic E-state index is 12.6. The molecule has 1 aromatic carbocycles. The van der Waals surface area contributed by atoms with Gasteiger partial charge in [-0.25, -0.2) is 5.90 Å². The van der Waals surface area contributed by atoms with E-state index in [2.05, 4.69) is 4.84 Å². The van der Waals surface area contributed by atoms with E-state index in [4.69, 9.17) is 5.90 Å². The summed E-state index contributed by atoms with van der Waals surface area (Å²) in [7, 11) is 0. The summed E-state index contributed by atoms with van der Waals surface area (Å²) in [6, 6.07) is 4.28. The van der Waals surface area contributed by atoms with E-state index in [1.165, 1.54) is 13.0 Å². The molecule has 0 bridgehead atoms. The fourth-order valence-electron chi connectivity index (χ4n) is 1.49. The summed E-state index contributed by atoms with van der Waals surface area (Å²) < 4.78 is 37.9. The van der Waals surface area contributed by atoms with E-state index < -0.39 is 11.7 Å². The number of benzene rings is 1. The average molecular weight is 233 g/mol. The summed E-state index contributed by atoms with van der Waals surface area (Å²) in [6.07, 6.45) is -4.32. The van der Waals surface area contributed by atoms with Crippen LogP contribution >= 0.6 is 0 Å². The van der Waals surface area contributed by atoms with E-state index in [0.29, 0.717) is 5.56 Å². The number of rotatable bonds is 3. The number of alkyl halides is 3. The van der Waals surface area contributed by atoms with Gasteiger partial charge in [0.05, 0.1) is 12.2 Å². The molecule has 1 atom stereocenters. The molecular weight excluding hydrogens is 219 g/mol. The molecule has 0 saturated carbocycles. The lowest BCUT2D eigenvalue weighted by Crippen LogP contribution is -2.12. The average Bonchev–Trinajstić information content (AvgIpc) is 2.16. The largest absolute Gasteiger partial charge is 0.416 e. The molecule has 90 valence electrons. The Bertz CT molecular complexity index is 363. The van der Waals surface area contributed by atoms with Crippen molar-refractivity contribution in [3.8, 4) is 0 Å². The van der Waals surface area contributed by atoms with Crippen LogP contribution in [0, 0.1) is 6.92 Å². The van der Waals surface area contributed by atoms with Gasteiger partial charge in [-0.2, -0.15) is 13.2 Å². The Kier molecular flexibility index (Phi) is 3.93. The van der Waals surface area contributed by atoms with Gasteiger partial charge in [0, 0.05) is 5.92 Å². The summed E-state index contributed by atoms with van der Waals surface area (Å²) in [5.41, 5.74) is 0.189. The van der Waals surface area contributed by atoms with Crippen molar-refractivity contribution in [2.45, 2.75) is 25.9 Å². The molecule has 0 aliphatic heterocycles. The molecule has 2 N–H and O–H groups in total. The van der Waals surface area contributed by atoms with E-state index >= 15 is 0 Å². The summed E-state index contributed by atoms with van der Waals surface area (Å²) in [5, 5.41) is 0. The predicted octanol–water partition coefficient (Wildman–Crippen LogP) is 3.01. The summed E-state index contributed by atoms with van der Waals surface area (Å²) in [6.45, 7) is 3.40. The number of hydrogen-bond acceptors (Lipinski definition) is 2. The fourth-order valence-corrected chi connectivity index (χ4v) is 1.49. The highest BCUT2D eigenvalue weighted by molar-refractivity contribution is 5.34. The molecule has 5 heteroatoms. The Hall–Kier alpha value is -1.07. The molecule has 1 aromatic rings. The molecule has 0 heterocycles. The number of halogens is 3. The molecule has 2 nitrogen and oxygen atoms in total. The predicted molar refractivity (Wildman–Crippen MR) is 54.7 cm³/mol. The highest BCUT2D eigenvalue weighted by Gasteiger charge is 2.32. The van der Waals surface area contributed by atoms with Crippen LogP contribution in [-0.4, -0.2) is 6.61 Å². The molecule has 0 aliphatic rings. The van der Waals surface area contributed by atoms with Crippen LogP contribution < -0.4 is 5.90 Å². The normalized spacial score (nSPS) is 13.9. The van der Waals surface area contributed by atoms with Crippen molar-refractivity contribution >= 4 is 0 Å². The molecule has 0 saturated heterocycles. The van der Waals surface area contributed by atoms with Crippen LogP contribution in [0.25, 0.3) is 0 Å². The minimum Gasteiger partial charge on any atom is -0.304 e. The van der Waals surface area contributed by atoms with Crippen LogP contribution in [0.4, 0.5) is 13.2 Å². The second-order valence-electron chi connectivity index (χ2n) is 3.81. The Morgan fingerprint density at radius 3 is 2.50 bits per heavy atom. The van der Waals surface area contributed by atoms with Crippen molar-refractivity contribution in [1.82, 2.24) is 0 Å². The van der Waals surface area contributed by atoms with Gasteiger partial charge in [0.25, 0.3) is 0 Å². The molecule has 0 amide bonds. The van der Waals surface area contributed by atoms with Crippen molar-refractivity contribution in [2.75, 3.05) is 6.61 Å². The first kappa shape index (κ1) is 13.0. The SMILES string of the molecule is Cc1ccc(C(C)CON)cc1C(F)(F)F. The quantitative estimate of drug-likeness (QED) is 0.814. The van der Waals surface area contributed by atoms with E-state index in [1.807, 2.05) is 0 Å². The first-order chi connectivity index (χ1) is 7.36. The maximum atomic E-state index is 12.6. The van der Waals surface area contributed by atoms with Gasteiger partial charge in [-0.05, 0) is 24.1 Å². The maximum Gasteiger partial charge on any atom is 0.416 e. The highest BCUT2D eigenvalue weighted by Crippen LogP contribution is 2.33. The van der Waals surface area contributed by atoms with Gasteiger partial charge >= 0.3 is 6.18 Å². The van der Waals surface area contributed by atoms with Gasteiger partial charge in [0.1, 0.15) is 0 Å². The smallest absolute Gasteiger partial charge is 0.304 e. The number of nitrogens with two attached hydrogens (primary N) is 1. The van der Waals surface area contributed by atoms with Crippen LogP contribution in [0.3, 0.4) is 0 Å². The molecule has 0 aliphatic carbocycles. The minimum atomic E-state index is -4.32. The van der Waals surface area contributed by atoms with Crippen molar-refractivity contribution < 1.29 is 18.0 Å². The van der Waals surface area contributed by atoms with E-state index in [9.17, 15) is 13.2 Å². The van der Waals surface area contributed by atoms with Crippen LogP contribution in [0.1, 0.15) is 29.5 Å². The van der Waals surface area contributed by atoms with E-state index in [0.717, 1.165) is 6.07 Å². The highest BCUT2D eigenvalue weighted by atomic mass is 19.4. The van der Waals surface area contributed by atoms with Crippen LogP contribution in [-0.2, 0) is 11.0 Å². The summed E-state index contributed by atoms with van der Waals surface area (Å²) in [5.74, 6) is 4.74. The second kappa shape index (κ2) is 4.84. The third kappa shape index (κ3) is 2.96. The van der Waals surface area contributed by atoms with Gasteiger partial charge in [0.15, 0.2) is 0 Å². The standard InChI is InChI=1S/C11H14F3NO/c1-7-3-4-9(8(2)6-16-15)5-10(7)11(12,13)14/h3-5,8H,6,15H2,1-2H3. The van der Waals surface area contributed by atoms with Gasteiger partial charge in [-0.15, -0.1) is 0 Å². The van der Waals surface area contributed by atoms with Crippen LogP contribution in [0.5, 0.6) is 0 Å². The van der Waals surface area contributed by atoms with Crippen molar-refractivity contribution in [3.63, 3.8) is 0 Å². The van der Waals surface area contributed by atoms with Gasteiger partial charge in [-0.3, -0.25) is 0 Å². The van der Waals surface area contributed by atoms with Crippen molar-refractivity contribution in [1.29, 1.82) is 0 Å². The molecular formula is C11H14F3NO. The first-order valence-electron chi connectivity index (χ1n) is 4.85. The summed E-state index contributed by atoms with van der Waals surface area (Å²) >= 11 is 0. The Labute approximate surface area is 92.2 Å². The molecule has 1 rings (SSSR count). The Balaban J connectivity index is 3.07. The number of aryl methyl sites for hydroxylation is 1. The zero-order valence-electron chi connectivity index (χ0n) is 9.14. The molecule has 0 fully saturated rings.